The molecule has 2 heterocycles. The number of carbonyl (C=O) groups is 1. The molecule has 0 unspecified atom stereocenters. The lowest BCUT2D eigenvalue weighted by Gasteiger charge is -2.16. The molecule has 5 nitrogen and oxygen atoms in total. The Hall–Kier alpha value is -2.53. The molecule has 0 spiro atoms. The Balaban J connectivity index is 1.72. The van der Waals surface area contributed by atoms with Crippen LogP contribution >= 0.6 is 11.6 Å². The summed E-state index contributed by atoms with van der Waals surface area (Å²) in [4.78, 5) is 16.7. The zero-order valence-electron chi connectivity index (χ0n) is 11.7. The van der Waals surface area contributed by atoms with Crippen LogP contribution in [0.1, 0.15) is 5.76 Å². The van der Waals surface area contributed by atoms with Crippen LogP contribution in [0, 0.1) is 5.92 Å². The largest absolute Gasteiger partial charge is 0.467 e. The monoisotopic (exact) mass is 315 g/mol. The third-order valence-corrected chi connectivity index (χ3v) is 3.50. The lowest BCUT2D eigenvalue weighted by Crippen LogP contribution is -2.34. The van der Waals surface area contributed by atoms with Crippen LogP contribution in [-0.2, 0) is 11.3 Å². The van der Waals surface area contributed by atoms with Crippen molar-refractivity contribution in [2.24, 2.45) is 10.9 Å². The van der Waals surface area contributed by atoms with Gasteiger partial charge in [0.2, 0.25) is 0 Å². The van der Waals surface area contributed by atoms with Gasteiger partial charge in [-0.3, -0.25) is 15.2 Å². The van der Waals surface area contributed by atoms with E-state index in [0.29, 0.717) is 23.0 Å². The molecule has 1 atom stereocenters. The molecule has 6 heteroatoms. The van der Waals surface area contributed by atoms with Gasteiger partial charge in [0.05, 0.1) is 18.5 Å². The second-order valence-corrected chi connectivity index (χ2v) is 5.27. The van der Waals surface area contributed by atoms with Gasteiger partial charge in [0.1, 0.15) is 11.7 Å². The second-order valence-electron chi connectivity index (χ2n) is 4.84. The molecule has 1 N–H and O–H groups in total. The Morgan fingerprint density at radius 2 is 2.27 bits per heavy atom. The second kappa shape index (κ2) is 6.07. The van der Waals surface area contributed by atoms with Gasteiger partial charge in [-0.1, -0.05) is 24.2 Å². The molecule has 22 heavy (non-hydrogen) atoms. The van der Waals surface area contributed by atoms with Gasteiger partial charge in [-0.25, -0.2) is 5.01 Å². The number of carbonyl (C=O) groups excluding carboxylic acids is 1. The average molecular weight is 316 g/mol. The van der Waals surface area contributed by atoms with Crippen molar-refractivity contribution in [1.82, 2.24) is 5.43 Å². The maximum atomic E-state index is 12.5. The van der Waals surface area contributed by atoms with E-state index in [0.717, 1.165) is 5.76 Å². The minimum absolute atomic E-state index is 0.143. The molecule has 1 aliphatic heterocycles. The van der Waals surface area contributed by atoms with Crippen molar-refractivity contribution >= 4 is 29.4 Å². The Morgan fingerprint density at radius 1 is 1.41 bits per heavy atom. The number of rotatable bonds is 4. The molecule has 1 amide bonds. The Bertz CT molecular complexity index is 725. The highest BCUT2D eigenvalue weighted by atomic mass is 35.5. The van der Waals surface area contributed by atoms with Crippen LogP contribution in [0.3, 0.4) is 0 Å². The van der Waals surface area contributed by atoms with Gasteiger partial charge in [-0.15, -0.1) is 0 Å². The van der Waals surface area contributed by atoms with Gasteiger partial charge in [0, 0.05) is 16.9 Å². The van der Waals surface area contributed by atoms with Crippen molar-refractivity contribution in [3.63, 3.8) is 0 Å². The number of nitrogens with one attached hydrogen (secondary N) is 1. The van der Waals surface area contributed by atoms with Crippen LogP contribution in [0.4, 0.5) is 5.69 Å². The molecule has 3 rings (SSSR count). The Kier molecular flexibility index (Phi) is 3.98. The first-order valence-electron chi connectivity index (χ1n) is 6.72. The van der Waals surface area contributed by atoms with E-state index in [9.17, 15) is 4.79 Å². The molecule has 1 aromatic carbocycles. The van der Waals surface area contributed by atoms with Crippen LogP contribution in [0.2, 0.25) is 5.02 Å². The summed E-state index contributed by atoms with van der Waals surface area (Å²) in [6.45, 7) is 4.27. The summed E-state index contributed by atoms with van der Waals surface area (Å²) in [7, 11) is 0. The standard InChI is InChI=1S/C16H14ClN3O2/c1-11-15(10-18-9-14-6-3-7-22-14)16(21)20(19-11)13-5-2-4-12(17)8-13/h2-8,10,15,19H,1,9H2/t15-/m1/s1. The lowest BCUT2D eigenvalue weighted by atomic mass is 10.1. The molecule has 0 bridgehead atoms. The minimum Gasteiger partial charge on any atom is -0.467 e. The van der Waals surface area contributed by atoms with E-state index < -0.39 is 5.92 Å². The van der Waals surface area contributed by atoms with Crippen LogP contribution in [0.15, 0.2) is 64.3 Å². The van der Waals surface area contributed by atoms with Gasteiger partial charge < -0.3 is 4.42 Å². The summed E-state index contributed by atoms with van der Waals surface area (Å²) in [5, 5.41) is 1.99. The quantitative estimate of drug-likeness (QED) is 0.882. The Labute approximate surface area is 132 Å². The van der Waals surface area contributed by atoms with Crippen molar-refractivity contribution in [2.45, 2.75) is 6.54 Å². The van der Waals surface area contributed by atoms with E-state index in [4.69, 9.17) is 16.0 Å². The van der Waals surface area contributed by atoms with E-state index in [1.165, 1.54) is 5.01 Å². The van der Waals surface area contributed by atoms with Crippen LogP contribution in [0.5, 0.6) is 0 Å². The summed E-state index contributed by atoms with van der Waals surface area (Å²) in [6.07, 6.45) is 3.18. The molecule has 0 aliphatic carbocycles. The van der Waals surface area contributed by atoms with E-state index in [1.807, 2.05) is 6.07 Å². The van der Waals surface area contributed by atoms with Gasteiger partial charge in [-0.05, 0) is 30.3 Å². The first-order valence-corrected chi connectivity index (χ1v) is 7.10. The molecule has 2 aromatic rings. The summed E-state index contributed by atoms with van der Waals surface area (Å²) in [5.74, 6) is 0.0939. The fourth-order valence-corrected chi connectivity index (χ4v) is 2.35. The van der Waals surface area contributed by atoms with E-state index in [2.05, 4.69) is 17.0 Å². The zero-order valence-corrected chi connectivity index (χ0v) is 12.5. The van der Waals surface area contributed by atoms with Crippen LogP contribution in [-0.4, -0.2) is 12.1 Å². The predicted octanol–water partition coefficient (Wildman–Crippen LogP) is 3.19. The SMILES string of the molecule is C=C1NN(c2cccc(Cl)c2)C(=O)[C@@H]1C=NCc1ccco1. The average Bonchev–Trinajstić information content (AvgIpc) is 3.10. The first-order chi connectivity index (χ1) is 10.6. The number of furan rings is 1. The number of hydrogen-bond donors (Lipinski definition) is 1. The van der Waals surface area contributed by atoms with E-state index in [-0.39, 0.29) is 5.91 Å². The maximum Gasteiger partial charge on any atom is 0.260 e. The summed E-state index contributed by atoms with van der Waals surface area (Å²) >= 11 is 5.96. The zero-order chi connectivity index (χ0) is 15.5. The number of halogens is 1. The number of benzene rings is 1. The lowest BCUT2D eigenvalue weighted by molar-refractivity contribution is -0.118. The topological polar surface area (TPSA) is 57.8 Å². The number of nitrogens with zero attached hydrogens (tertiary/aromatic N) is 2. The van der Waals surface area contributed by atoms with E-state index >= 15 is 0 Å². The number of amides is 1. The summed E-state index contributed by atoms with van der Waals surface area (Å²) < 4.78 is 5.19. The third-order valence-electron chi connectivity index (χ3n) is 3.27. The smallest absolute Gasteiger partial charge is 0.260 e. The molecule has 1 aliphatic rings. The molecule has 1 fully saturated rings. The molecule has 0 saturated carbocycles. The molecule has 0 radical (unpaired) electrons. The summed E-state index contributed by atoms with van der Waals surface area (Å²) in [5.41, 5.74) is 4.20. The number of aliphatic imine (C=N–C) groups is 1. The highest BCUT2D eigenvalue weighted by molar-refractivity contribution is 6.31. The third kappa shape index (κ3) is 2.89. The minimum atomic E-state index is -0.506. The molecule has 112 valence electrons. The Morgan fingerprint density at radius 3 is 3.00 bits per heavy atom. The number of anilines is 1. The number of hydrazine groups is 1. The molecular weight excluding hydrogens is 302 g/mol. The highest BCUT2D eigenvalue weighted by Crippen LogP contribution is 2.25. The van der Waals surface area contributed by atoms with Crippen molar-refractivity contribution in [3.05, 3.63) is 65.7 Å². The van der Waals surface area contributed by atoms with E-state index in [1.54, 1.807) is 42.8 Å². The number of hydrogen-bond acceptors (Lipinski definition) is 4. The molecule has 1 aromatic heterocycles. The normalized spacial score (nSPS) is 18.2. The summed E-state index contributed by atoms with van der Waals surface area (Å²) in [6, 6.07) is 10.7. The molecular formula is C16H14ClN3O2. The van der Waals surface area contributed by atoms with Gasteiger partial charge in [-0.2, -0.15) is 0 Å². The first kappa shape index (κ1) is 14.4. The van der Waals surface area contributed by atoms with Crippen LogP contribution < -0.4 is 10.4 Å². The maximum absolute atomic E-state index is 12.5. The van der Waals surface area contributed by atoms with Gasteiger partial charge in [0.15, 0.2) is 0 Å². The predicted molar refractivity (Wildman–Crippen MR) is 85.6 cm³/mol. The van der Waals surface area contributed by atoms with Crippen molar-refractivity contribution in [2.75, 3.05) is 5.01 Å². The van der Waals surface area contributed by atoms with Crippen molar-refractivity contribution in [3.8, 4) is 0 Å². The fraction of sp³-hybridized carbons (Fsp3) is 0.125. The van der Waals surface area contributed by atoms with Crippen molar-refractivity contribution in [1.29, 1.82) is 0 Å². The fourth-order valence-electron chi connectivity index (χ4n) is 2.17. The van der Waals surface area contributed by atoms with Gasteiger partial charge in [0.25, 0.3) is 5.91 Å². The molecule has 1 saturated heterocycles. The van der Waals surface area contributed by atoms with Gasteiger partial charge >= 0.3 is 0 Å². The van der Waals surface area contributed by atoms with Crippen LogP contribution in [0.25, 0.3) is 0 Å². The van der Waals surface area contributed by atoms with Crippen molar-refractivity contribution < 1.29 is 9.21 Å². The highest BCUT2D eigenvalue weighted by Gasteiger charge is 2.34.